The van der Waals surface area contributed by atoms with Crippen LogP contribution in [0.4, 0.5) is 0 Å². The van der Waals surface area contributed by atoms with E-state index in [9.17, 15) is 4.79 Å². The number of fused-ring (bicyclic) bond motifs is 1. The molecule has 0 fully saturated rings. The fourth-order valence-corrected chi connectivity index (χ4v) is 3.32. The second-order valence-electron chi connectivity index (χ2n) is 6.08. The molecule has 0 aliphatic rings. The minimum Gasteiger partial charge on any atom is -0.273 e. The molecule has 1 aromatic heterocycles. The number of carbonyl (C=O) groups excluding carboxylic acids is 1. The van der Waals surface area contributed by atoms with Crippen LogP contribution in [-0.2, 0) is 0 Å². The molecule has 4 rings (SSSR count). The number of imidazole rings is 1. The summed E-state index contributed by atoms with van der Waals surface area (Å²) >= 11 is 0. The number of hydrogen-bond donors (Lipinski definition) is 0. The van der Waals surface area contributed by atoms with E-state index >= 15 is 0 Å². The molecule has 0 radical (unpaired) electrons. The summed E-state index contributed by atoms with van der Waals surface area (Å²) in [5.41, 5.74) is 3.65. The number of rotatable bonds is 3. The van der Waals surface area contributed by atoms with Gasteiger partial charge in [0, 0.05) is 0 Å². The molecule has 0 aliphatic carbocycles. The van der Waals surface area contributed by atoms with Crippen LogP contribution in [0.5, 0.6) is 0 Å². The molecule has 0 amide bonds. The van der Waals surface area contributed by atoms with Crippen LogP contribution in [0.1, 0.15) is 27.7 Å². The fourth-order valence-electron chi connectivity index (χ4n) is 3.32. The lowest BCUT2D eigenvalue weighted by atomic mass is 9.90. The topological polar surface area (TPSA) is 34.9 Å². The maximum atomic E-state index is 13.6. The van der Waals surface area contributed by atoms with E-state index in [0.29, 0.717) is 5.82 Å². The maximum absolute atomic E-state index is 13.6. The average Bonchev–Trinajstić information content (AvgIpc) is 2.99. The third-order valence-electron chi connectivity index (χ3n) is 4.46. The summed E-state index contributed by atoms with van der Waals surface area (Å²) in [6.45, 7) is 1.88. The second kappa shape index (κ2) is 6.36. The number of hydrogen-bond acceptors (Lipinski definition) is 2. The van der Waals surface area contributed by atoms with Gasteiger partial charge in [0.2, 0.25) is 5.91 Å². The van der Waals surface area contributed by atoms with Crippen molar-refractivity contribution in [1.29, 1.82) is 0 Å². The Morgan fingerprint density at radius 3 is 1.92 bits per heavy atom. The molecule has 0 N–H and O–H groups in total. The van der Waals surface area contributed by atoms with Crippen molar-refractivity contribution in [1.82, 2.24) is 9.55 Å². The van der Waals surface area contributed by atoms with Gasteiger partial charge < -0.3 is 0 Å². The zero-order valence-electron chi connectivity index (χ0n) is 14.0. The molecule has 0 saturated carbocycles. The molecule has 122 valence electrons. The largest absolute Gasteiger partial charge is 0.273 e. The monoisotopic (exact) mass is 326 g/mol. The molecule has 1 heterocycles. The summed E-state index contributed by atoms with van der Waals surface area (Å²) in [6.07, 6.45) is 0. The van der Waals surface area contributed by atoms with Crippen molar-refractivity contribution < 1.29 is 4.79 Å². The molecule has 0 bridgehead atoms. The highest BCUT2D eigenvalue weighted by Gasteiger charge is 2.26. The Hall–Kier alpha value is -3.20. The van der Waals surface area contributed by atoms with E-state index in [4.69, 9.17) is 0 Å². The van der Waals surface area contributed by atoms with Crippen LogP contribution in [-0.4, -0.2) is 15.5 Å². The molecule has 3 heteroatoms. The first-order chi connectivity index (χ1) is 12.3. The molecular formula is C22H18N2O. The first-order valence-electron chi connectivity index (χ1n) is 8.34. The van der Waals surface area contributed by atoms with Crippen molar-refractivity contribution in [3.05, 3.63) is 102 Å². The van der Waals surface area contributed by atoms with E-state index < -0.39 is 0 Å². The highest BCUT2D eigenvalue weighted by molar-refractivity contribution is 5.96. The number of para-hydroxylation sites is 2. The zero-order chi connectivity index (χ0) is 17.2. The van der Waals surface area contributed by atoms with Gasteiger partial charge in [0.1, 0.15) is 5.82 Å². The van der Waals surface area contributed by atoms with Gasteiger partial charge in [-0.1, -0.05) is 72.8 Å². The van der Waals surface area contributed by atoms with Gasteiger partial charge in [0.15, 0.2) is 0 Å². The number of carbonyl (C=O) groups is 1. The van der Waals surface area contributed by atoms with Crippen LogP contribution >= 0.6 is 0 Å². The van der Waals surface area contributed by atoms with E-state index in [2.05, 4.69) is 4.98 Å². The second-order valence-corrected chi connectivity index (χ2v) is 6.08. The lowest BCUT2D eigenvalue weighted by molar-refractivity contribution is 0.0895. The molecule has 0 unspecified atom stereocenters. The van der Waals surface area contributed by atoms with E-state index in [0.717, 1.165) is 22.2 Å². The number of aromatic nitrogens is 2. The summed E-state index contributed by atoms with van der Waals surface area (Å²) < 4.78 is 1.74. The lowest BCUT2D eigenvalue weighted by Gasteiger charge is -2.18. The predicted octanol–water partition coefficient (Wildman–Crippen LogP) is 4.82. The van der Waals surface area contributed by atoms with E-state index in [1.807, 2.05) is 91.9 Å². The Morgan fingerprint density at radius 1 is 0.800 bits per heavy atom. The summed E-state index contributed by atoms with van der Waals surface area (Å²) in [5, 5.41) is 0. The van der Waals surface area contributed by atoms with E-state index in [1.165, 1.54) is 0 Å². The van der Waals surface area contributed by atoms with Crippen LogP contribution in [0.2, 0.25) is 0 Å². The average molecular weight is 326 g/mol. The van der Waals surface area contributed by atoms with Crippen molar-refractivity contribution in [2.24, 2.45) is 0 Å². The van der Waals surface area contributed by atoms with Crippen LogP contribution in [0.25, 0.3) is 11.0 Å². The molecule has 3 aromatic carbocycles. The molecule has 0 aliphatic heterocycles. The minimum absolute atomic E-state index is 0.0172. The van der Waals surface area contributed by atoms with Crippen molar-refractivity contribution in [3.8, 4) is 0 Å². The quantitative estimate of drug-likeness (QED) is 0.541. The summed E-state index contributed by atoms with van der Waals surface area (Å²) in [6, 6.07) is 27.6. The number of nitrogens with zero attached hydrogens (tertiary/aromatic N) is 2. The molecule has 0 spiro atoms. The third-order valence-corrected chi connectivity index (χ3v) is 4.46. The van der Waals surface area contributed by atoms with Gasteiger partial charge >= 0.3 is 0 Å². The molecule has 0 saturated heterocycles. The molecule has 25 heavy (non-hydrogen) atoms. The summed E-state index contributed by atoms with van der Waals surface area (Å²) in [4.78, 5) is 18.1. The summed E-state index contributed by atoms with van der Waals surface area (Å²) in [7, 11) is 0. The Balaban J connectivity index is 1.90. The molecule has 0 atom stereocenters. The van der Waals surface area contributed by atoms with Crippen molar-refractivity contribution in [2.45, 2.75) is 12.8 Å². The zero-order valence-corrected chi connectivity index (χ0v) is 14.0. The Labute approximate surface area is 146 Å². The van der Waals surface area contributed by atoms with Gasteiger partial charge in [-0.15, -0.1) is 0 Å². The van der Waals surface area contributed by atoms with Crippen LogP contribution in [0.15, 0.2) is 84.9 Å². The van der Waals surface area contributed by atoms with Crippen LogP contribution in [0, 0.1) is 6.92 Å². The lowest BCUT2D eigenvalue weighted by Crippen LogP contribution is -2.22. The first kappa shape index (κ1) is 15.3. The highest BCUT2D eigenvalue weighted by Crippen LogP contribution is 2.28. The molecule has 3 nitrogen and oxygen atoms in total. The van der Waals surface area contributed by atoms with Crippen LogP contribution in [0.3, 0.4) is 0 Å². The smallest absolute Gasteiger partial charge is 0.244 e. The van der Waals surface area contributed by atoms with Crippen molar-refractivity contribution >= 4 is 16.9 Å². The van der Waals surface area contributed by atoms with Gasteiger partial charge in [-0.2, -0.15) is 0 Å². The van der Waals surface area contributed by atoms with Gasteiger partial charge in [-0.3, -0.25) is 9.36 Å². The normalized spacial score (nSPS) is 11.1. The Morgan fingerprint density at radius 2 is 1.32 bits per heavy atom. The van der Waals surface area contributed by atoms with Crippen molar-refractivity contribution in [3.63, 3.8) is 0 Å². The standard InChI is InChI=1S/C22H18N2O/c1-16-23-19-14-8-9-15-20(19)24(16)22(25)21(17-10-4-2-5-11-17)18-12-6-3-7-13-18/h2-15,21H,1H3. The van der Waals surface area contributed by atoms with Gasteiger partial charge in [0.05, 0.1) is 17.0 Å². The fraction of sp³-hybridized carbons (Fsp3) is 0.0909. The maximum Gasteiger partial charge on any atom is 0.244 e. The van der Waals surface area contributed by atoms with Gasteiger partial charge in [-0.25, -0.2) is 4.98 Å². The minimum atomic E-state index is -0.362. The summed E-state index contributed by atoms with van der Waals surface area (Å²) in [5.74, 6) is 0.366. The van der Waals surface area contributed by atoms with E-state index in [1.54, 1.807) is 4.57 Å². The predicted molar refractivity (Wildman–Crippen MR) is 99.8 cm³/mol. The van der Waals surface area contributed by atoms with E-state index in [-0.39, 0.29) is 11.8 Å². The Kier molecular flexibility index (Phi) is 3.90. The van der Waals surface area contributed by atoms with Crippen LogP contribution < -0.4 is 0 Å². The number of aryl methyl sites for hydroxylation is 1. The van der Waals surface area contributed by atoms with Crippen molar-refractivity contribution in [2.75, 3.05) is 0 Å². The van der Waals surface area contributed by atoms with Gasteiger partial charge in [-0.05, 0) is 30.2 Å². The Bertz CT molecular complexity index is 980. The molecule has 4 aromatic rings. The molecular weight excluding hydrogens is 308 g/mol. The third kappa shape index (κ3) is 2.74. The van der Waals surface area contributed by atoms with Gasteiger partial charge in [0.25, 0.3) is 0 Å². The first-order valence-corrected chi connectivity index (χ1v) is 8.34. The number of benzene rings is 3. The highest BCUT2D eigenvalue weighted by atomic mass is 16.2. The SMILES string of the molecule is Cc1nc2ccccc2n1C(=O)C(c1ccccc1)c1ccccc1.